The van der Waals surface area contributed by atoms with Crippen molar-refractivity contribution in [2.24, 2.45) is 0 Å². The van der Waals surface area contributed by atoms with Crippen molar-refractivity contribution in [1.82, 2.24) is 0 Å². The maximum absolute atomic E-state index is 9.85. The molecule has 0 saturated heterocycles. The monoisotopic (exact) mass is 174 g/mol. The van der Waals surface area contributed by atoms with Gasteiger partial charge in [-0.2, -0.15) is 0 Å². The average Bonchev–Trinajstić information content (AvgIpc) is 1.79. The van der Waals surface area contributed by atoms with Crippen LogP contribution >= 0.6 is 0 Å². The molecule has 0 N–H and O–H groups in total. The predicted molar refractivity (Wildman–Crippen MR) is 42.0 cm³/mol. The summed E-state index contributed by atoms with van der Waals surface area (Å²) in [5, 5.41) is 0. The van der Waals surface area contributed by atoms with Crippen LogP contribution in [0.1, 0.15) is 39.5 Å². The van der Waals surface area contributed by atoms with E-state index in [4.69, 9.17) is 0 Å². The van der Waals surface area contributed by atoms with Crippen molar-refractivity contribution in [2.45, 2.75) is 39.5 Å². The first-order valence-electron chi connectivity index (χ1n) is 3.98. The Morgan fingerprint density at radius 2 is 1.08 bits per heavy atom. The lowest BCUT2D eigenvalue weighted by Crippen LogP contribution is -2.03. The molecule has 0 spiro atoms. The van der Waals surface area contributed by atoms with Crippen LogP contribution in [0.4, 0.5) is 0 Å². The van der Waals surface area contributed by atoms with Crippen molar-refractivity contribution in [3.05, 3.63) is 0 Å². The van der Waals surface area contributed by atoms with E-state index in [0.717, 1.165) is 13.8 Å². The van der Waals surface area contributed by atoms with Gasteiger partial charge in [-0.05, 0) is 0 Å². The molecule has 0 aromatic carbocycles. The minimum absolute atomic E-state index is 0.639. The molecule has 0 atom stereocenters. The molecule has 0 heterocycles. The van der Waals surface area contributed by atoms with E-state index in [1.807, 2.05) is 0 Å². The van der Waals surface area contributed by atoms with Gasteiger partial charge >= 0.3 is 11.9 Å². The third-order valence-corrected chi connectivity index (χ3v) is 1.28. The molecule has 0 unspecified atom stereocenters. The molecule has 0 radical (unpaired) electrons. The van der Waals surface area contributed by atoms with Gasteiger partial charge in [0, 0.05) is 13.8 Å². The summed E-state index contributed by atoms with van der Waals surface area (Å²) < 4.78 is 0. The summed E-state index contributed by atoms with van der Waals surface area (Å²) in [6.07, 6.45) is 6.00. The summed E-state index contributed by atoms with van der Waals surface area (Å²) in [5.74, 6) is -1.28. The van der Waals surface area contributed by atoms with Gasteiger partial charge in [0.15, 0.2) is 0 Å². The Kier molecular flexibility index (Phi) is 6.05. The SMILES string of the molecule is C1CCC1.CC(=O)OOC(C)=O. The van der Waals surface area contributed by atoms with E-state index in [1.54, 1.807) is 0 Å². The van der Waals surface area contributed by atoms with Gasteiger partial charge in [0.1, 0.15) is 0 Å². The molecule has 12 heavy (non-hydrogen) atoms. The number of carbonyl (C=O) groups excluding carboxylic acids is 2. The van der Waals surface area contributed by atoms with Crippen LogP contribution in [-0.2, 0) is 19.4 Å². The minimum Gasteiger partial charge on any atom is -0.248 e. The Morgan fingerprint density at radius 3 is 1.17 bits per heavy atom. The predicted octanol–water partition coefficient (Wildman–Crippen LogP) is 1.59. The molecule has 4 heteroatoms. The molecule has 4 nitrogen and oxygen atoms in total. The highest BCUT2D eigenvalue weighted by Gasteiger charge is 1.95. The Hall–Kier alpha value is -1.06. The number of rotatable bonds is 0. The molecular weight excluding hydrogens is 160 g/mol. The van der Waals surface area contributed by atoms with E-state index in [0.29, 0.717) is 0 Å². The van der Waals surface area contributed by atoms with Crippen molar-refractivity contribution in [3.8, 4) is 0 Å². The molecule has 0 aliphatic heterocycles. The molecule has 0 bridgehead atoms. The first kappa shape index (κ1) is 10.9. The second-order valence-corrected chi connectivity index (χ2v) is 2.56. The van der Waals surface area contributed by atoms with E-state index in [-0.39, 0.29) is 0 Å². The van der Waals surface area contributed by atoms with Gasteiger partial charge in [-0.3, -0.25) is 0 Å². The largest absolute Gasteiger partial charge is 0.352 e. The second kappa shape index (κ2) is 6.64. The van der Waals surface area contributed by atoms with Crippen LogP contribution in [-0.4, -0.2) is 11.9 Å². The van der Waals surface area contributed by atoms with Gasteiger partial charge in [0.25, 0.3) is 0 Å². The molecule has 1 rings (SSSR count). The zero-order valence-corrected chi connectivity index (χ0v) is 7.46. The van der Waals surface area contributed by atoms with Crippen LogP contribution < -0.4 is 0 Å². The first-order chi connectivity index (χ1) is 5.63. The smallest absolute Gasteiger partial charge is 0.248 e. The highest BCUT2D eigenvalue weighted by atomic mass is 17.2. The first-order valence-corrected chi connectivity index (χ1v) is 3.98. The normalized spacial score (nSPS) is 13.2. The van der Waals surface area contributed by atoms with Crippen LogP contribution in [0.25, 0.3) is 0 Å². The summed E-state index contributed by atoms with van der Waals surface area (Å²) in [4.78, 5) is 27.3. The number of hydrogen-bond donors (Lipinski definition) is 0. The maximum Gasteiger partial charge on any atom is 0.352 e. The van der Waals surface area contributed by atoms with E-state index in [1.165, 1.54) is 25.7 Å². The maximum atomic E-state index is 9.85. The van der Waals surface area contributed by atoms with Crippen molar-refractivity contribution < 1.29 is 19.4 Å². The molecular formula is C8H14O4. The molecule has 0 aromatic rings. The molecule has 0 amide bonds. The summed E-state index contributed by atoms with van der Waals surface area (Å²) >= 11 is 0. The van der Waals surface area contributed by atoms with Crippen LogP contribution in [0.5, 0.6) is 0 Å². The molecule has 1 fully saturated rings. The van der Waals surface area contributed by atoms with E-state index >= 15 is 0 Å². The Balaban J connectivity index is 0.000000247. The average molecular weight is 174 g/mol. The second-order valence-electron chi connectivity index (χ2n) is 2.56. The van der Waals surface area contributed by atoms with Crippen molar-refractivity contribution in [2.75, 3.05) is 0 Å². The molecule has 1 saturated carbocycles. The Morgan fingerprint density at radius 1 is 0.833 bits per heavy atom. The Labute approximate surface area is 71.8 Å². The topological polar surface area (TPSA) is 52.6 Å². The fourth-order valence-electron chi connectivity index (χ4n) is 0.367. The van der Waals surface area contributed by atoms with Crippen LogP contribution in [0.2, 0.25) is 0 Å². The fraction of sp³-hybridized carbons (Fsp3) is 0.750. The van der Waals surface area contributed by atoms with Gasteiger partial charge in [-0.15, -0.1) is 0 Å². The van der Waals surface area contributed by atoms with Crippen LogP contribution in [0.3, 0.4) is 0 Å². The molecule has 70 valence electrons. The lowest BCUT2D eigenvalue weighted by atomic mass is 10.0. The number of hydrogen-bond acceptors (Lipinski definition) is 4. The highest BCUT2D eigenvalue weighted by Crippen LogP contribution is 2.15. The lowest BCUT2D eigenvalue weighted by Gasteiger charge is -2.05. The fourth-order valence-corrected chi connectivity index (χ4v) is 0.367. The lowest BCUT2D eigenvalue weighted by molar-refractivity contribution is -0.255. The number of carbonyl (C=O) groups is 2. The van der Waals surface area contributed by atoms with Crippen LogP contribution in [0, 0.1) is 0 Å². The Bertz CT molecular complexity index is 131. The summed E-state index contributed by atoms with van der Waals surface area (Å²) in [7, 11) is 0. The summed E-state index contributed by atoms with van der Waals surface area (Å²) in [6.45, 7) is 2.28. The van der Waals surface area contributed by atoms with Gasteiger partial charge < -0.3 is 0 Å². The standard InChI is InChI=1S/C4H6O4.C4H8/c1-3(5)7-8-4(2)6;1-2-4-3-1/h1-2H3;1-4H2. The zero-order valence-electron chi connectivity index (χ0n) is 7.46. The van der Waals surface area contributed by atoms with Gasteiger partial charge in [-0.25, -0.2) is 19.4 Å². The van der Waals surface area contributed by atoms with Gasteiger partial charge in [0.05, 0.1) is 0 Å². The molecule has 1 aliphatic carbocycles. The molecule has 1 aliphatic rings. The molecule has 0 aromatic heterocycles. The third kappa shape index (κ3) is 8.94. The van der Waals surface area contributed by atoms with E-state index < -0.39 is 11.9 Å². The van der Waals surface area contributed by atoms with E-state index in [9.17, 15) is 9.59 Å². The van der Waals surface area contributed by atoms with Gasteiger partial charge in [-0.1, -0.05) is 25.7 Å². The summed E-state index contributed by atoms with van der Waals surface area (Å²) in [6, 6.07) is 0. The highest BCUT2D eigenvalue weighted by molar-refractivity contribution is 5.69. The van der Waals surface area contributed by atoms with Crippen molar-refractivity contribution in [1.29, 1.82) is 0 Å². The minimum atomic E-state index is -0.639. The van der Waals surface area contributed by atoms with Crippen molar-refractivity contribution in [3.63, 3.8) is 0 Å². The van der Waals surface area contributed by atoms with Gasteiger partial charge in [0.2, 0.25) is 0 Å². The van der Waals surface area contributed by atoms with Crippen molar-refractivity contribution >= 4 is 11.9 Å². The van der Waals surface area contributed by atoms with E-state index in [2.05, 4.69) is 9.78 Å². The summed E-state index contributed by atoms with van der Waals surface area (Å²) in [5.41, 5.74) is 0. The quantitative estimate of drug-likeness (QED) is 0.413. The third-order valence-electron chi connectivity index (χ3n) is 1.28. The zero-order chi connectivity index (χ0) is 9.40. The van der Waals surface area contributed by atoms with Crippen LogP contribution in [0.15, 0.2) is 0 Å².